The first-order valence-electron chi connectivity index (χ1n) is 6.95. The van der Waals surface area contributed by atoms with Crippen molar-refractivity contribution in [1.82, 2.24) is 14.9 Å². The highest BCUT2D eigenvalue weighted by molar-refractivity contribution is 5.30. The van der Waals surface area contributed by atoms with Gasteiger partial charge in [-0.15, -0.1) is 0 Å². The zero-order valence-corrected chi connectivity index (χ0v) is 12.7. The lowest BCUT2D eigenvalue weighted by Gasteiger charge is -2.20. The first-order chi connectivity index (χ1) is 9.02. The van der Waals surface area contributed by atoms with Crippen LogP contribution in [0.4, 0.5) is 5.95 Å². The van der Waals surface area contributed by atoms with Gasteiger partial charge in [0.2, 0.25) is 11.8 Å². The van der Waals surface area contributed by atoms with Crippen molar-refractivity contribution in [3.05, 3.63) is 11.8 Å². The largest absolute Gasteiger partial charge is 0.478 e. The minimum atomic E-state index is 0.545. The molecule has 0 aliphatic rings. The molecule has 1 N–H and O–H groups in total. The van der Waals surface area contributed by atoms with Crippen molar-refractivity contribution in [2.45, 2.75) is 40.2 Å². The average Bonchev–Trinajstić information content (AvgIpc) is 2.35. The first-order valence-corrected chi connectivity index (χ1v) is 6.95. The molecule has 0 saturated heterocycles. The lowest BCUT2D eigenvalue weighted by Crippen LogP contribution is -2.31. The third kappa shape index (κ3) is 5.87. The van der Waals surface area contributed by atoms with Gasteiger partial charge in [-0.3, -0.25) is 0 Å². The van der Waals surface area contributed by atoms with Crippen LogP contribution in [0.5, 0.6) is 5.88 Å². The van der Waals surface area contributed by atoms with Crippen molar-refractivity contribution in [1.29, 1.82) is 0 Å². The molecule has 5 heteroatoms. The predicted octanol–water partition coefficient (Wildman–Crippen LogP) is 2.33. The first kappa shape index (κ1) is 15.7. The fourth-order valence-corrected chi connectivity index (χ4v) is 1.50. The Morgan fingerprint density at radius 3 is 2.74 bits per heavy atom. The van der Waals surface area contributed by atoms with Gasteiger partial charge >= 0.3 is 0 Å². The molecule has 108 valence electrons. The number of rotatable bonds is 8. The highest BCUT2D eigenvalue weighted by Crippen LogP contribution is 2.12. The molecule has 1 rings (SSSR count). The highest BCUT2D eigenvalue weighted by Gasteiger charge is 2.05. The summed E-state index contributed by atoms with van der Waals surface area (Å²) in [6.07, 6.45) is 0.977. The average molecular weight is 266 g/mol. The van der Waals surface area contributed by atoms with Gasteiger partial charge in [-0.25, -0.2) is 4.98 Å². The molecular weight excluding hydrogens is 240 g/mol. The predicted molar refractivity (Wildman–Crippen MR) is 78.8 cm³/mol. The Hall–Kier alpha value is -1.36. The highest BCUT2D eigenvalue weighted by atomic mass is 16.5. The van der Waals surface area contributed by atoms with Gasteiger partial charge < -0.3 is 15.0 Å². The van der Waals surface area contributed by atoms with Gasteiger partial charge in [-0.1, -0.05) is 6.92 Å². The zero-order chi connectivity index (χ0) is 14.3. The second kappa shape index (κ2) is 7.94. The topological polar surface area (TPSA) is 50.3 Å². The van der Waals surface area contributed by atoms with Crippen molar-refractivity contribution in [3.63, 3.8) is 0 Å². The summed E-state index contributed by atoms with van der Waals surface area (Å²) in [5.41, 5.74) is 0.917. The van der Waals surface area contributed by atoms with Crippen LogP contribution >= 0.6 is 0 Å². The monoisotopic (exact) mass is 266 g/mol. The third-order valence-corrected chi connectivity index (χ3v) is 2.91. The van der Waals surface area contributed by atoms with Gasteiger partial charge in [-0.05, 0) is 34.2 Å². The van der Waals surface area contributed by atoms with Gasteiger partial charge in [0.05, 0.1) is 6.61 Å². The quantitative estimate of drug-likeness (QED) is 0.782. The Kier molecular flexibility index (Phi) is 6.56. The van der Waals surface area contributed by atoms with Crippen LogP contribution in [0, 0.1) is 6.92 Å². The zero-order valence-electron chi connectivity index (χ0n) is 12.7. The molecule has 0 spiro atoms. The Balaban J connectivity index is 2.51. The Labute approximate surface area is 116 Å². The van der Waals surface area contributed by atoms with Crippen LogP contribution in [0.15, 0.2) is 6.07 Å². The molecule has 0 unspecified atom stereocenters. The molecule has 1 aromatic rings. The fraction of sp³-hybridized carbons (Fsp3) is 0.714. The van der Waals surface area contributed by atoms with Crippen LogP contribution < -0.4 is 10.1 Å². The Morgan fingerprint density at radius 1 is 1.37 bits per heavy atom. The van der Waals surface area contributed by atoms with Crippen molar-refractivity contribution in [2.75, 3.05) is 32.1 Å². The maximum Gasteiger partial charge on any atom is 0.226 e. The summed E-state index contributed by atoms with van der Waals surface area (Å²) in [5.74, 6) is 1.29. The number of nitrogens with one attached hydrogen (secondary N) is 1. The molecule has 0 radical (unpaired) electrons. The molecule has 0 saturated carbocycles. The van der Waals surface area contributed by atoms with E-state index in [1.165, 1.54) is 0 Å². The van der Waals surface area contributed by atoms with E-state index in [0.29, 0.717) is 24.5 Å². The van der Waals surface area contributed by atoms with E-state index in [2.05, 4.69) is 48.0 Å². The number of hydrogen-bond donors (Lipinski definition) is 1. The van der Waals surface area contributed by atoms with E-state index in [1.54, 1.807) is 0 Å². The summed E-state index contributed by atoms with van der Waals surface area (Å²) < 4.78 is 5.54. The number of aromatic nitrogens is 2. The molecule has 1 aromatic heterocycles. The summed E-state index contributed by atoms with van der Waals surface area (Å²) in [5, 5.41) is 3.24. The SMILES string of the molecule is CCCOc1cc(C)nc(NCCN(C)C(C)C)n1. The Bertz CT molecular complexity index is 382. The molecule has 0 aliphatic heterocycles. The molecule has 0 aromatic carbocycles. The van der Waals surface area contributed by atoms with E-state index < -0.39 is 0 Å². The maximum atomic E-state index is 5.54. The van der Waals surface area contributed by atoms with Gasteiger partial charge in [0.25, 0.3) is 0 Å². The van der Waals surface area contributed by atoms with Gasteiger partial charge in [0, 0.05) is 30.9 Å². The van der Waals surface area contributed by atoms with Crippen LogP contribution in [0.3, 0.4) is 0 Å². The molecule has 5 nitrogen and oxygen atoms in total. The van der Waals surface area contributed by atoms with Crippen LogP contribution in [0.2, 0.25) is 0 Å². The molecule has 0 amide bonds. The number of nitrogens with zero attached hydrogens (tertiary/aromatic N) is 3. The number of likely N-dealkylation sites (N-methyl/N-ethyl adjacent to an activating group) is 1. The van der Waals surface area contributed by atoms with Crippen molar-refractivity contribution < 1.29 is 4.74 Å². The lowest BCUT2D eigenvalue weighted by atomic mass is 10.3. The van der Waals surface area contributed by atoms with Crippen LogP contribution in [-0.4, -0.2) is 47.7 Å². The Morgan fingerprint density at radius 2 is 2.11 bits per heavy atom. The summed E-state index contributed by atoms with van der Waals surface area (Å²) in [7, 11) is 2.11. The van der Waals surface area contributed by atoms with E-state index >= 15 is 0 Å². The molecule has 19 heavy (non-hydrogen) atoms. The number of hydrogen-bond acceptors (Lipinski definition) is 5. The number of anilines is 1. The number of ether oxygens (including phenoxy) is 1. The summed E-state index contributed by atoms with van der Waals surface area (Å²) in [6.45, 7) is 10.9. The minimum Gasteiger partial charge on any atom is -0.478 e. The smallest absolute Gasteiger partial charge is 0.226 e. The minimum absolute atomic E-state index is 0.545. The van der Waals surface area contributed by atoms with Crippen LogP contribution in [0.1, 0.15) is 32.9 Å². The van der Waals surface area contributed by atoms with Crippen molar-refractivity contribution in [3.8, 4) is 5.88 Å². The summed E-state index contributed by atoms with van der Waals surface area (Å²) in [4.78, 5) is 11.0. The molecule has 0 bridgehead atoms. The summed E-state index contributed by atoms with van der Waals surface area (Å²) in [6, 6.07) is 2.41. The lowest BCUT2D eigenvalue weighted by molar-refractivity contribution is 0.284. The molecular formula is C14H26N4O. The number of aryl methyl sites for hydroxylation is 1. The molecule has 1 heterocycles. The van der Waals surface area contributed by atoms with E-state index in [0.717, 1.165) is 25.2 Å². The molecule has 0 fully saturated rings. The van der Waals surface area contributed by atoms with Crippen LogP contribution in [-0.2, 0) is 0 Å². The van der Waals surface area contributed by atoms with Gasteiger partial charge in [-0.2, -0.15) is 4.98 Å². The summed E-state index contributed by atoms with van der Waals surface area (Å²) >= 11 is 0. The van der Waals surface area contributed by atoms with Gasteiger partial charge in [0.1, 0.15) is 0 Å². The van der Waals surface area contributed by atoms with E-state index in [9.17, 15) is 0 Å². The van der Waals surface area contributed by atoms with Gasteiger partial charge in [0.15, 0.2) is 0 Å². The maximum absolute atomic E-state index is 5.54. The van der Waals surface area contributed by atoms with E-state index in [1.807, 2.05) is 13.0 Å². The van der Waals surface area contributed by atoms with Crippen molar-refractivity contribution in [2.24, 2.45) is 0 Å². The fourth-order valence-electron chi connectivity index (χ4n) is 1.50. The normalized spacial score (nSPS) is 11.1. The third-order valence-electron chi connectivity index (χ3n) is 2.91. The standard InChI is InChI=1S/C14H26N4O/c1-6-9-19-13-10-12(4)16-14(17-13)15-7-8-18(5)11(2)3/h10-11H,6-9H2,1-5H3,(H,15,16,17). The molecule has 0 atom stereocenters. The van der Waals surface area contributed by atoms with E-state index in [4.69, 9.17) is 4.74 Å². The van der Waals surface area contributed by atoms with E-state index in [-0.39, 0.29) is 0 Å². The second-order valence-corrected chi connectivity index (χ2v) is 5.02. The second-order valence-electron chi connectivity index (χ2n) is 5.02. The van der Waals surface area contributed by atoms with Crippen LogP contribution in [0.25, 0.3) is 0 Å². The molecule has 0 aliphatic carbocycles. The van der Waals surface area contributed by atoms with Crippen molar-refractivity contribution >= 4 is 5.95 Å².